The Kier molecular flexibility index (Phi) is 4.15. The molecule has 0 fully saturated rings. The Hall–Kier alpha value is -1.26. The number of halogens is 1. The molecule has 0 bridgehead atoms. The zero-order valence-electron chi connectivity index (χ0n) is 9.16. The van der Waals surface area contributed by atoms with E-state index >= 15 is 0 Å². The highest BCUT2D eigenvalue weighted by atomic mass is 35.5. The summed E-state index contributed by atoms with van der Waals surface area (Å²) in [6, 6.07) is 2.55. The van der Waals surface area contributed by atoms with Gasteiger partial charge >= 0.3 is 5.97 Å². The van der Waals surface area contributed by atoms with E-state index in [-0.39, 0.29) is 6.42 Å². The summed E-state index contributed by atoms with van der Waals surface area (Å²) in [4.78, 5) is 10.6. The van der Waals surface area contributed by atoms with Crippen molar-refractivity contribution in [3.8, 4) is 5.75 Å². The summed E-state index contributed by atoms with van der Waals surface area (Å²) in [6.45, 7) is 1.86. The number of benzene rings is 1. The summed E-state index contributed by atoms with van der Waals surface area (Å²) >= 11 is 5.95. The van der Waals surface area contributed by atoms with E-state index in [9.17, 15) is 4.79 Å². The average molecular weight is 244 g/mol. The molecule has 1 atom stereocenters. The molecule has 0 aliphatic rings. The molecule has 1 aromatic rings. The zero-order valence-corrected chi connectivity index (χ0v) is 9.91. The highest BCUT2D eigenvalue weighted by Gasteiger charge is 2.15. The van der Waals surface area contributed by atoms with Crippen molar-refractivity contribution < 1.29 is 14.6 Å². The van der Waals surface area contributed by atoms with Gasteiger partial charge in [0.1, 0.15) is 11.8 Å². The maximum absolute atomic E-state index is 10.6. The monoisotopic (exact) mass is 243 g/mol. The van der Waals surface area contributed by atoms with Gasteiger partial charge in [-0.3, -0.25) is 4.79 Å². The van der Waals surface area contributed by atoms with Gasteiger partial charge in [0, 0.05) is 0 Å². The van der Waals surface area contributed by atoms with Crippen LogP contribution in [0, 0.1) is 6.92 Å². The summed E-state index contributed by atoms with van der Waals surface area (Å²) in [5.74, 6) is -0.446. The second-order valence-corrected chi connectivity index (χ2v) is 3.97. The molecule has 0 aliphatic carbocycles. The second-order valence-electron chi connectivity index (χ2n) is 3.56. The summed E-state index contributed by atoms with van der Waals surface area (Å²) in [6.07, 6.45) is 0.255. The van der Waals surface area contributed by atoms with Crippen molar-refractivity contribution in [1.82, 2.24) is 0 Å². The third-order valence-electron chi connectivity index (χ3n) is 2.37. The Bertz CT molecular complexity index is 406. The lowest BCUT2D eigenvalue weighted by molar-refractivity contribution is -0.138. The molecule has 1 aromatic carbocycles. The van der Waals surface area contributed by atoms with Crippen LogP contribution in [0.25, 0.3) is 0 Å². The van der Waals surface area contributed by atoms with Crippen molar-refractivity contribution in [3.05, 3.63) is 28.3 Å². The van der Waals surface area contributed by atoms with E-state index in [0.29, 0.717) is 10.8 Å². The Labute approximate surface area is 99.0 Å². The van der Waals surface area contributed by atoms with Gasteiger partial charge in [-0.05, 0) is 36.6 Å². The van der Waals surface area contributed by atoms with Gasteiger partial charge in [0.2, 0.25) is 0 Å². The number of ether oxygens (including phenoxy) is 1. The van der Waals surface area contributed by atoms with Gasteiger partial charge in [0.15, 0.2) is 0 Å². The van der Waals surface area contributed by atoms with Crippen molar-refractivity contribution in [2.45, 2.75) is 19.4 Å². The van der Waals surface area contributed by atoms with Crippen LogP contribution < -0.4 is 10.5 Å². The van der Waals surface area contributed by atoms with Crippen molar-refractivity contribution in [1.29, 1.82) is 0 Å². The number of carbonyl (C=O) groups is 1. The van der Waals surface area contributed by atoms with Crippen LogP contribution in [0.15, 0.2) is 12.1 Å². The van der Waals surface area contributed by atoms with Crippen LogP contribution in [-0.2, 0) is 11.2 Å². The highest BCUT2D eigenvalue weighted by Crippen LogP contribution is 2.28. The van der Waals surface area contributed by atoms with Gasteiger partial charge in [0.05, 0.1) is 12.1 Å². The minimum atomic E-state index is -1.02. The minimum Gasteiger partial charge on any atom is -0.495 e. The molecule has 0 aliphatic heterocycles. The number of aliphatic carboxylic acids is 1. The fraction of sp³-hybridized carbons (Fsp3) is 0.364. The average Bonchev–Trinajstić information content (AvgIpc) is 2.22. The minimum absolute atomic E-state index is 0.255. The summed E-state index contributed by atoms with van der Waals surface area (Å²) in [5, 5.41) is 9.18. The standard InChI is InChI=1S/C11H14ClNO3/c1-6-3-10(16-2)8(12)4-7(6)5-9(13)11(14)15/h3-4,9H,5,13H2,1-2H3,(H,14,15). The van der Waals surface area contributed by atoms with E-state index in [2.05, 4.69) is 0 Å². The predicted molar refractivity (Wildman–Crippen MR) is 62.1 cm³/mol. The van der Waals surface area contributed by atoms with Gasteiger partial charge in [-0.2, -0.15) is 0 Å². The smallest absolute Gasteiger partial charge is 0.320 e. The van der Waals surface area contributed by atoms with Crippen LogP contribution in [0.1, 0.15) is 11.1 Å². The third kappa shape index (κ3) is 2.87. The fourth-order valence-electron chi connectivity index (χ4n) is 1.40. The van der Waals surface area contributed by atoms with Gasteiger partial charge in [-0.1, -0.05) is 11.6 Å². The molecule has 88 valence electrons. The number of carboxylic acids is 1. The number of carboxylic acid groups (broad SMARTS) is 1. The maximum Gasteiger partial charge on any atom is 0.320 e. The van der Waals surface area contributed by atoms with E-state index in [1.807, 2.05) is 6.92 Å². The van der Waals surface area contributed by atoms with E-state index in [1.165, 1.54) is 7.11 Å². The molecule has 5 heteroatoms. The number of nitrogens with two attached hydrogens (primary N) is 1. The molecule has 0 saturated carbocycles. The van der Waals surface area contributed by atoms with Crippen LogP contribution >= 0.6 is 11.6 Å². The van der Waals surface area contributed by atoms with E-state index in [0.717, 1.165) is 11.1 Å². The Morgan fingerprint density at radius 3 is 2.75 bits per heavy atom. The topological polar surface area (TPSA) is 72.5 Å². The van der Waals surface area contributed by atoms with Crippen molar-refractivity contribution in [3.63, 3.8) is 0 Å². The van der Waals surface area contributed by atoms with Crippen LogP contribution in [-0.4, -0.2) is 24.2 Å². The first-order chi connectivity index (χ1) is 7.45. The lowest BCUT2D eigenvalue weighted by atomic mass is 10.0. The van der Waals surface area contributed by atoms with Crippen molar-refractivity contribution in [2.75, 3.05) is 7.11 Å². The molecule has 16 heavy (non-hydrogen) atoms. The molecule has 0 aromatic heterocycles. The number of aryl methyl sites for hydroxylation is 1. The predicted octanol–water partition coefficient (Wildman–Crippen LogP) is 1.61. The van der Waals surface area contributed by atoms with E-state index in [1.54, 1.807) is 12.1 Å². The summed E-state index contributed by atoms with van der Waals surface area (Å²) < 4.78 is 5.05. The SMILES string of the molecule is COc1cc(C)c(CC(N)C(=O)O)cc1Cl. The lowest BCUT2D eigenvalue weighted by Crippen LogP contribution is -2.32. The van der Waals surface area contributed by atoms with E-state index < -0.39 is 12.0 Å². The molecular formula is C11H14ClNO3. The van der Waals surface area contributed by atoms with Gasteiger partial charge < -0.3 is 15.6 Å². The number of methoxy groups -OCH3 is 1. The van der Waals surface area contributed by atoms with E-state index in [4.69, 9.17) is 27.2 Å². The molecule has 0 amide bonds. The third-order valence-corrected chi connectivity index (χ3v) is 2.66. The maximum atomic E-state index is 10.6. The molecule has 4 nitrogen and oxygen atoms in total. The normalized spacial score (nSPS) is 12.2. The van der Waals surface area contributed by atoms with Gasteiger partial charge in [0.25, 0.3) is 0 Å². The zero-order chi connectivity index (χ0) is 12.3. The lowest BCUT2D eigenvalue weighted by Gasteiger charge is -2.12. The molecular weight excluding hydrogens is 230 g/mol. The first kappa shape index (κ1) is 12.8. The number of rotatable bonds is 4. The van der Waals surface area contributed by atoms with Gasteiger partial charge in [-0.15, -0.1) is 0 Å². The van der Waals surface area contributed by atoms with Crippen molar-refractivity contribution in [2.24, 2.45) is 5.73 Å². The van der Waals surface area contributed by atoms with Crippen LogP contribution in [0.2, 0.25) is 5.02 Å². The second kappa shape index (κ2) is 5.18. The first-order valence-corrected chi connectivity index (χ1v) is 5.15. The van der Waals surface area contributed by atoms with Crippen LogP contribution in [0.3, 0.4) is 0 Å². The Morgan fingerprint density at radius 2 is 2.25 bits per heavy atom. The summed E-state index contributed by atoms with van der Waals surface area (Å²) in [7, 11) is 1.53. The molecule has 0 saturated heterocycles. The highest BCUT2D eigenvalue weighted by molar-refractivity contribution is 6.32. The van der Waals surface area contributed by atoms with Crippen LogP contribution in [0.5, 0.6) is 5.75 Å². The quantitative estimate of drug-likeness (QED) is 0.843. The fourth-order valence-corrected chi connectivity index (χ4v) is 1.66. The van der Waals surface area contributed by atoms with Crippen LogP contribution in [0.4, 0.5) is 0 Å². The molecule has 0 radical (unpaired) electrons. The molecule has 0 spiro atoms. The Balaban J connectivity index is 2.98. The Morgan fingerprint density at radius 1 is 1.62 bits per heavy atom. The summed E-state index contributed by atoms with van der Waals surface area (Å²) in [5.41, 5.74) is 7.20. The largest absolute Gasteiger partial charge is 0.495 e. The number of hydrogen-bond acceptors (Lipinski definition) is 3. The van der Waals surface area contributed by atoms with Gasteiger partial charge in [-0.25, -0.2) is 0 Å². The molecule has 1 rings (SSSR count). The first-order valence-electron chi connectivity index (χ1n) is 4.77. The molecule has 0 heterocycles. The molecule has 3 N–H and O–H groups in total. The molecule has 1 unspecified atom stereocenters. The number of hydrogen-bond donors (Lipinski definition) is 2. The van der Waals surface area contributed by atoms with Crippen molar-refractivity contribution >= 4 is 17.6 Å².